The maximum absolute atomic E-state index is 9.63. The summed E-state index contributed by atoms with van der Waals surface area (Å²) in [6.07, 6.45) is 3.87. The van der Waals surface area contributed by atoms with Gasteiger partial charge in [-0.15, -0.1) is 0 Å². The zero-order chi connectivity index (χ0) is 10.4. The Morgan fingerprint density at radius 1 is 1.43 bits per heavy atom. The number of rotatable bonds is 5. The molecule has 1 saturated heterocycles. The van der Waals surface area contributed by atoms with Crippen LogP contribution in [0.2, 0.25) is 0 Å². The van der Waals surface area contributed by atoms with E-state index in [-0.39, 0.29) is 6.10 Å². The van der Waals surface area contributed by atoms with Crippen LogP contribution in [0.15, 0.2) is 11.8 Å². The molecular weight excluding hydrogens is 178 g/mol. The Labute approximate surface area is 86.4 Å². The molecule has 1 rings (SSSR count). The van der Waals surface area contributed by atoms with E-state index in [1.165, 1.54) is 12.8 Å². The van der Waals surface area contributed by atoms with Crippen molar-refractivity contribution in [1.82, 2.24) is 4.90 Å². The van der Waals surface area contributed by atoms with E-state index >= 15 is 0 Å². The fourth-order valence-electron chi connectivity index (χ4n) is 1.64. The maximum Gasteiger partial charge on any atom is 0.114 e. The summed E-state index contributed by atoms with van der Waals surface area (Å²) in [6.45, 7) is 7.36. The number of aliphatic hydroxyl groups is 1. The highest BCUT2D eigenvalue weighted by atomic mass is 16.5. The lowest BCUT2D eigenvalue weighted by Gasteiger charge is -2.18. The summed E-state index contributed by atoms with van der Waals surface area (Å²) in [5.74, 6) is 0. The van der Waals surface area contributed by atoms with Gasteiger partial charge in [0, 0.05) is 6.54 Å². The van der Waals surface area contributed by atoms with Gasteiger partial charge >= 0.3 is 0 Å². The quantitative estimate of drug-likeness (QED) is 0.679. The van der Waals surface area contributed by atoms with E-state index in [4.69, 9.17) is 4.74 Å². The number of allylic oxidation sites excluding steroid dienone is 1. The molecule has 0 radical (unpaired) electrons. The molecule has 0 spiro atoms. The number of β-amino-alcohol motifs (C(OH)–C–C–N with tert-alkyl or cyclic N) is 1. The Hall–Kier alpha value is -0.540. The van der Waals surface area contributed by atoms with E-state index in [2.05, 4.69) is 4.90 Å². The molecule has 0 saturated carbocycles. The highest BCUT2D eigenvalue weighted by Crippen LogP contribution is 2.07. The van der Waals surface area contributed by atoms with Crippen molar-refractivity contribution in [2.45, 2.75) is 32.8 Å². The second-order valence-corrected chi connectivity index (χ2v) is 4.19. The van der Waals surface area contributed by atoms with E-state index in [9.17, 15) is 5.11 Å². The van der Waals surface area contributed by atoms with Crippen LogP contribution in [-0.2, 0) is 4.74 Å². The van der Waals surface area contributed by atoms with Crippen LogP contribution < -0.4 is 0 Å². The summed E-state index contributed by atoms with van der Waals surface area (Å²) < 4.78 is 5.23. The minimum absolute atomic E-state index is 0.358. The highest BCUT2D eigenvalue weighted by molar-refractivity contribution is 4.86. The van der Waals surface area contributed by atoms with Crippen molar-refractivity contribution >= 4 is 0 Å². The number of ether oxygens (including phenoxy) is 1. The van der Waals surface area contributed by atoms with Crippen molar-refractivity contribution < 1.29 is 9.84 Å². The van der Waals surface area contributed by atoms with Crippen LogP contribution >= 0.6 is 0 Å². The largest absolute Gasteiger partial charge is 0.499 e. The predicted molar refractivity (Wildman–Crippen MR) is 57.1 cm³/mol. The third-order valence-electron chi connectivity index (χ3n) is 2.28. The molecule has 3 nitrogen and oxygen atoms in total. The summed E-state index contributed by atoms with van der Waals surface area (Å²) >= 11 is 0. The van der Waals surface area contributed by atoms with Crippen LogP contribution in [0.25, 0.3) is 0 Å². The number of nitrogens with zero attached hydrogens (tertiary/aromatic N) is 1. The molecule has 82 valence electrons. The van der Waals surface area contributed by atoms with Gasteiger partial charge in [0.1, 0.15) is 12.7 Å². The molecular formula is C11H21NO2. The molecule has 1 heterocycles. The second-order valence-electron chi connectivity index (χ2n) is 4.19. The molecule has 1 N–H and O–H groups in total. The normalized spacial score (nSPS) is 19.4. The molecule has 1 atom stereocenters. The van der Waals surface area contributed by atoms with Crippen LogP contribution in [0.3, 0.4) is 0 Å². The van der Waals surface area contributed by atoms with Crippen LogP contribution in [-0.4, -0.2) is 42.4 Å². The van der Waals surface area contributed by atoms with E-state index < -0.39 is 0 Å². The molecule has 0 bridgehead atoms. The molecule has 0 amide bonds. The van der Waals surface area contributed by atoms with E-state index in [1.807, 2.05) is 13.8 Å². The third-order valence-corrected chi connectivity index (χ3v) is 2.28. The van der Waals surface area contributed by atoms with Crippen LogP contribution in [0, 0.1) is 0 Å². The van der Waals surface area contributed by atoms with Crippen molar-refractivity contribution in [3.05, 3.63) is 11.8 Å². The van der Waals surface area contributed by atoms with Crippen LogP contribution in [0.4, 0.5) is 0 Å². The van der Waals surface area contributed by atoms with Crippen molar-refractivity contribution in [1.29, 1.82) is 0 Å². The summed E-state index contributed by atoms with van der Waals surface area (Å²) in [4.78, 5) is 2.29. The SMILES string of the molecule is CC(C)=COCC(O)CN1CCCC1. The smallest absolute Gasteiger partial charge is 0.114 e. The number of hydrogen-bond donors (Lipinski definition) is 1. The number of hydrogen-bond acceptors (Lipinski definition) is 3. The summed E-state index contributed by atoms with van der Waals surface area (Å²) in [6, 6.07) is 0. The van der Waals surface area contributed by atoms with Gasteiger partial charge in [-0.25, -0.2) is 0 Å². The molecule has 0 aliphatic carbocycles. The van der Waals surface area contributed by atoms with Crippen molar-refractivity contribution in [2.75, 3.05) is 26.2 Å². The first-order valence-electron chi connectivity index (χ1n) is 5.34. The lowest BCUT2D eigenvalue weighted by molar-refractivity contribution is 0.0575. The van der Waals surface area contributed by atoms with Gasteiger partial charge in [-0.05, 0) is 45.4 Å². The first-order valence-corrected chi connectivity index (χ1v) is 5.34. The molecule has 3 heteroatoms. The lowest BCUT2D eigenvalue weighted by Crippen LogP contribution is -2.32. The predicted octanol–water partition coefficient (Wildman–Crippen LogP) is 1.38. The van der Waals surface area contributed by atoms with Crippen molar-refractivity contribution in [3.63, 3.8) is 0 Å². The van der Waals surface area contributed by atoms with Gasteiger partial charge in [-0.2, -0.15) is 0 Å². The standard InChI is InChI=1S/C11H21NO2/c1-10(2)8-14-9-11(13)7-12-5-3-4-6-12/h8,11,13H,3-7,9H2,1-2H3. The van der Waals surface area contributed by atoms with Gasteiger partial charge in [-0.3, -0.25) is 0 Å². The van der Waals surface area contributed by atoms with E-state index in [0.717, 1.165) is 25.2 Å². The fraction of sp³-hybridized carbons (Fsp3) is 0.818. The van der Waals surface area contributed by atoms with Crippen LogP contribution in [0.5, 0.6) is 0 Å². The fourth-order valence-corrected chi connectivity index (χ4v) is 1.64. The molecule has 0 aromatic rings. The Morgan fingerprint density at radius 3 is 2.64 bits per heavy atom. The molecule has 0 aromatic heterocycles. The summed E-state index contributed by atoms with van der Waals surface area (Å²) in [7, 11) is 0. The molecule has 1 unspecified atom stereocenters. The van der Waals surface area contributed by atoms with Gasteiger partial charge in [0.2, 0.25) is 0 Å². The highest BCUT2D eigenvalue weighted by Gasteiger charge is 2.15. The molecule has 14 heavy (non-hydrogen) atoms. The number of aliphatic hydroxyl groups excluding tert-OH is 1. The summed E-state index contributed by atoms with van der Waals surface area (Å²) in [5.41, 5.74) is 1.12. The average molecular weight is 199 g/mol. The minimum atomic E-state index is -0.358. The lowest BCUT2D eigenvalue weighted by atomic mass is 10.3. The Balaban J connectivity index is 2.09. The third kappa shape index (κ3) is 4.63. The van der Waals surface area contributed by atoms with Crippen molar-refractivity contribution in [2.24, 2.45) is 0 Å². The minimum Gasteiger partial charge on any atom is -0.499 e. The Bertz CT molecular complexity index is 182. The molecule has 1 aliphatic heterocycles. The van der Waals surface area contributed by atoms with Gasteiger partial charge in [0.15, 0.2) is 0 Å². The maximum atomic E-state index is 9.63. The number of likely N-dealkylation sites (tertiary alicyclic amines) is 1. The summed E-state index contributed by atoms with van der Waals surface area (Å²) in [5, 5.41) is 9.63. The Kier molecular flexibility index (Phi) is 4.98. The van der Waals surface area contributed by atoms with Crippen LogP contribution in [0.1, 0.15) is 26.7 Å². The van der Waals surface area contributed by atoms with Gasteiger partial charge < -0.3 is 14.7 Å². The molecule has 1 fully saturated rings. The average Bonchev–Trinajstić information content (AvgIpc) is 2.56. The monoisotopic (exact) mass is 199 g/mol. The van der Waals surface area contributed by atoms with Gasteiger partial charge in [-0.1, -0.05) is 0 Å². The molecule has 1 aliphatic rings. The second kappa shape index (κ2) is 6.04. The zero-order valence-electron chi connectivity index (χ0n) is 9.20. The topological polar surface area (TPSA) is 32.7 Å². The first kappa shape index (κ1) is 11.5. The first-order chi connectivity index (χ1) is 6.68. The van der Waals surface area contributed by atoms with Gasteiger partial charge in [0.25, 0.3) is 0 Å². The Morgan fingerprint density at radius 2 is 2.07 bits per heavy atom. The van der Waals surface area contributed by atoms with E-state index in [0.29, 0.717) is 6.61 Å². The van der Waals surface area contributed by atoms with Gasteiger partial charge in [0.05, 0.1) is 6.26 Å². The van der Waals surface area contributed by atoms with Crippen molar-refractivity contribution in [3.8, 4) is 0 Å². The zero-order valence-corrected chi connectivity index (χ0v) is 9.20. The molecule has 0 aromatic carbocycles. The van der Waals surface area contributed by atoms with E-state index in [1.54, 1.807) is 6.26 Å².